The minimum Gasteiger partial charge on any atom is -0.496 e. The molecule has 0 bridgehead atoms. The molecule has 1 saturated heterocycles. The fraction of sp³-hybridized carbons (Fsp3) is 0.364. The summed E-state index contributed by atoms with van der Waals surface area (Å²) in [5, 5.41) is 2.78. The van der Waals surface area contributed by atoms with Crippen LogP contribution < -0.4 is 10.1 Å². The highest BCUT2D eigenvalue weighted by molar-refractivity contribution is 5.97. The lowest BCUT2D eigenvalue weighted by Crippen LogP contribution is -2.49. The molecular weight excluding hydrogens is 354 g/mol. The predicted octanol–water partition coefficient (Wildman–Crippen LogP) is 2.65. The van der Waals surface area contributed by atoms with Gasteiger partial charge in [0, 0.05) is 45.3 Å². The third-order valence-electron chi connectivity index (χ3n) is 4.99. The van der Waals surface area contributed by atoms with E-state index in [2.05, 4.69) is 10.2 Å². The molecule has 3 rings (SSSR count). The highest BCUT2D eigenvalue weighted by Gasteiger charge is 2.23. The molecule has 0 aliphatic carbocycles. The van der Waals surface area contributed by atoms with E-state index < -0.39 is 0 Å². The van der Waals surface area contributed by atoms with Crippen LogP contribution in [0.2, 0.25) is 0 Å². The first-order chi connectivity index (χ1) is 13.6. The summed E-state index contributed by atoms with van der Waals surface area (Å²) in [7, 11) is 1.59. The number of rotatable bonds is 6. The van der Waals surface area contributed by atoms with Gasteiger partial charge in [0.1, 0.15) is 5.75 Å². The molecule has 0 radical (unpaired) electrons. The van der Waals surface area contributed by atoms with Crippen LogP contribution in [0.15, 0.2) is 48.5 Å². The number of carbonyl (C=O) groups excluding carboxylic acids is 2. The van der Waals surface area contributed by atoms with Gasteiger partial charge in [-0.15, -0.1) is 0 Å². The normalized spacial score (nSPS) is 14.6. The fourth-order valence-electron chi connectivity index (χ4n) is 3.41. The molecule has 1 aliphatic rings. The van der Waals surface area contributed by atoms with Gasteiger partial charge in [-0.2, -0.15) is 0 Å². The molecule has 0 aromatic heterocycles. The Morgan fingerprint density at radius 2 is 1.68 bits per heavy atom. The van der Waals surface area contributed by atoms with Crippen molar-refractivity contribution in [2.45, 2.75) is 13.3 Å². The maximum Gasteiger partial charge on any atom is 0.257 e. The fourth-order valence-corrected chi connectivity index (χ4v) is 3.41. The average Bonchev–Trinajstić information content (AvgIpc) is 2.72. The molecule has 0 spiro atoms. The highest BCUT2D eigenvalue weighted by Crippen LogP contribution is 2.20. The zero-order valence-electron chi connectivity index (χ0n) is 16.5. The molecule has 1 N–H and O–H groups in total. The molecule has 0 saturated carbocycles. The van der Waals surface area contributed by atoms with Gasteiger partial charge in [0.15, 0.2) is 0 Å². The first-order valence-corrected chi connectivity index (χ1v) is 9.58. The second kappa shape index (κ2) is 9.37. The number of nitrogens with one attached hydrogen (secondary N) is 1. The van der Waals surface area contributed by atoms with E-state index in [0.717, 1.165) is 44.8 Å². The summed E-state index contributed by atoms with van der Waals surface area (Å²) in [6, 6.07) is 15.3. The average molecular weight is 381 g/mol. The lowest BCUT2D eigenvalue weighted by molar-refractivity contribution is -0.114. The number of carbonyl (C=O) groups is 2. The van der Waals surface area contributed by atoms with Gasteiger partial charge in [0.2, 0.25) is 5.91 Å². The zero-order chi connectivity index (χ0) is 19.9. The van der Waals surface area contributed by atoms with Crippen molar-refractivity contribution in [3.05, 3.63) is 59.7 Å². The number of amides is 2. The molecule has 2 aromatic rings. The Morgan fingerprint density at radius 1 is 1.00 bits per heavy atom. The Kier molecular flexibility index (Phi) is 6.66. The lowest BCUT2D eigenvalue weighted by atomic mass is 10.1. The van der Waals surface area contributed by atoms with E-state index in [-0.39, 0.29) is 11.8 Å². The maximum atomic E-state index is 12.8. The van der Waals surface area contributed by atoms with Crippen molar-refractivity contribution in [1.82, 2.24) is 9.80 Å². The number of benzene rings is 2. The molecule has 6 heteroatoms. The number of anilines is 1. The third-order valence-corrected chi connectivity index (χ3v) is 4.99. The number of hydrogen-bond donors (Lipinski definition) is 1. The Bertz CT molecular complexity index is 812. The van der Waals surface area contributed by atoms with Crippen LogP contribution in [-0.4, -0.2) is 61.4 Å². The Labute approximate surface area is 166 Å². The van der Waals surface area contributed by atoms with Gasteiger partial charge in [-0.05, 0) is 36.2 Å². The van der Waals surface area contributed by atoms with E-state index in [4.69, 9.17) is 4.74 Å². The summed E-state index contributed by atoms with van der Waals surface area (Å²) < 4.78 is 5.31. The molecular formula is C22H27N3O3. The molecule has 0 atom stereocenters. The van der Waals surface area contributed by atoms with Crippen molar-refractivity contribution in [1.29, 1.82) is 0 Å². The summed E-state index contributed by atoms with van der Waals surface area (Å²) in [4.78, 5) is 28.1. The van der Waals surface area contributed by atoms with Gasteiger partial charge in [-0.25, -0.2) is 0 Å². The van der Waals surface area contributed by atoms with Crippen molar-refractivity contribution < 1.29 is 14.3 Å². The van der Waals surface area contributed by atoms with Gasteiger partial charge >= 0.3 is 0 Å². The number of para-hydroxylation sites is 1. The topological polar surface area (TPSA) is 61.9 Å². The van der Waals surface area contributed by atoms with Crippen molar-refractivity contribution >= 4 is 17.5 Å². The van der Waals surface area contributed by atoms with E-state index >= 15 is 0 Å². The lowest BCUT2D eigenvalue weighted by Gasteiger charge is -2.35. The molecule has 28 heavy (non-hydrogen) atoms. The van der Waals surface area contributed by atoms with Gasteiger partial charge in [0.25, 0.3) is 5.91 Å². The molecule has 1 heterocycles. The molecule has 1 fully saturated rings. The largest absolute Gasteiger partial charge is 0.496 e. The minimum absolute atomic E-state index is 0.0330. The molecule has 1 aliphatic heterocycles. The quantitative estimate of drug-likeness (QED) is 0.836. The van der Waals surface area contributed by atoms with Crippen LogP contribution >= 0.6 is 0 Å². The number of nitrogens with zero attached hydrogens (tertiary/aromatic N) is 2. The predicted molar refractivity (Wildman–Crippen MR) is 110 cm³/mol. The van der Waals surface area contributed by atoms with Crippen molar-refractivity contribution in [3.8, 4) is 5.75 Å². The van der Waals surface area contributed by atoms with Gasteiger partial charge < -0.3 is 15.0 Å². The smallest absolute Gasteiger partial charge is 0.257 e. The molecule has 0 unspecified atom stereocenters. The number of ether oxygens (including phenoxy) is 1. The Morgan fingerprint density at radius 3 is 2.32 bits per heavy atom. The first-order valence-electron chi connectivity index (χ1n) is 9.58. The van der Waals surface area contributed by atoms with Crippen LogP contribution in [0.25, 0.3) is 0 Å². The van der Waals surface area contributed by atoms with E-state index in [1.807, 2.05) is 53.4 Å². The monoisotopic (exact) mass is 381 g/mol. The highest BCUT2D eigenvalue weighted by atomic mass is 16.5. The van der Waals surface area contributed by atoms with E-state index in [9.17, 15) is 9.59 Å². The minimum atomic E-state index is -0.0618. The number of hydrogen-bond acceptors (Lipinski definition) is 4. The van der Waals surface area contributed by atoms with Crippen LogP contribution in [0.1, 0.15) is 22.8 Å². The number of methoxy groups -OCH3 is 1. The SMILES string of the molecule is COc1ccccc1C(=O)N1CCN(CCc2ccc(NC(C)=O)cc2)CC1. The van der Waals surface area contributed by atoms with Crippen LogP contribution in [0.4, 0.5) is 5.69 Å². The Balaban J connectivity index is 1.47. The molecule has 2 amide bonds. The van der Waals surface area contributed by atoms with Gasteiger partial charge in [0.05, 0.1) is 12.7 Å². The molecule has 2 aromatic carbocycles. The Hall–Kier alpha value is -2.86. The van der Waals surface area contributed by atoms with Gasteiger partial charge in [-0.3, -0.25) is 14.5 Å². The zero-order valence-corrected chi connectivity index (χ0v) is 16.5. The summed E-state index contributed by atoms with van der Waals surface area (Å²) in [6.07, 6.45) is 0.945. The maximum absolute atomic E-state index is 12.8. The first kappa shape index (κ1) is 19.9. The van der Waals surface area contributed by atoms with Crippen LogP contribution in [0.3, 0.4) is 0 Å². The summed E-state index contributed by atoms with van der Waals surface area (Å²) >= 11 is 0. The molecule has 6 nitrogen and oxygen atoms in total. The second-order valence-electron chi connectivity index (χ2n) is 6.96. The van der Waals surface area contributed by atoms with Crippen molar-refractivity contribution in [3.63, 3.8) is 0 Å². The number of piperazine rings is 1. The van der Waals surface area contributed by atoms with Crippen molar-refractivity contribution in [2.75, 3.05) is 45.2 Å². The second-order valence-corrected chi connectivity index (χ2v) is 6.96. The van der Waals surface area contributed by atoms with E-state index in [1.165, 1.54) is 12.5 Å². The summed E-state index contributed by atoms with van der Waals surface area (Å²) in [5.41, 5.74) is 2.68. The summed E-state index contributed by atoms with van der Waals surface area (Å²) in [5.74, 6) is 0.594. The van der Waals surface area contributed by atoms with Crippen LogP contribution in [0, 0.1) is 0 Å². The third kappa shape index (κ3) is 5.10. The molecule has 148 valence electrons. The standard InChI is InChI=1S/C22H27N3O3/c1-17(26)23-19-9-7-18(8-10-19)11-12-24-13-15-25(16-14-24)22(27)20-5-3-4-6-21(20)28-2/h3-10H,11-16H2,1-2H3,(H,23,26). The van der Waals surface area contributed by atoms with Crippen LogP contribution in [-0.2, 0) is 11.2 Å². The van der Waals surface area contributed by atoms with E-state index in [1.54, 1.807) is 7.11 Å². The van der Waals surface area contributed by atoms with Crippen molar-refractivity contribution in [2.24, 2.45) is 0 Å². The summed E-state index contributed by atoms with van der Waals surface area (Å²) in [6.45, 7) is 5.63. The van der Waals surface area contributed by atoms with Crippen LogP contribution in [0.5, 0.6) is 5.75 Å². The van der Waals surface area contributed by atoms with E-state index in [0.29, 0.717) is 11.3 Å². The van der Waals surface area contributed by atoms with Gasteiger partial charge in [-0.1, -0.05) is 24.3 Å².